The van der Waals surface area contributed by atoms with E-state index < -0.39 is 8.41 Å². The number of hydrogen-bond donors (Lipinski definition) is 0. The molecule has 0 bridgehead atoms. The number of benzene rings is 6. The third-order valence-corrected chi connectivity index (χ3v) is 12.3. The lowest BCUT2D eigenvalue weighted by Gasteiger charge is -2.30. The van der Waals surface area contributed by atoms with E-state index in [4.69, 9.17) is 0 Å². The predicted molar refractivity (Wildman–Crippen MR) is 211 cm³/mol. The van der Waals surface area contributed by atoms with Crippen LogP contribution in [-0.2, 0) is 10.8 Å². The largest absolute Gasteiger partial charge is 0.0616 e. The van der Waals surface area contributed by atoms with Crippen molar-refractivity contribution in [2.75, 3.05) is 0 Å². The van der Waals surface area contributed by atoms with Crippen molar-refractivity contribution in [1.29, 1.82) is 0 Å². The molecule has 2 aliphatic carbocycles. The Hall–Kier alpha value is -4.33. The molecule has 2 aliphatic rings. The van der Waals surface area contributed by atoms with E-state index in [0.29, 0.717) is 0 Å². The second-order valence-corrected chi connectivity index (χ2v) is 19.0. The minimum Gasteiger partial charge on any atom is -0.0616 e. The van der Waals surface area contributed by atoms with Gasteiger partial charge in [-0.2, -0.15) is 0 Å². The zero-order valence-corrected chi connectivity index (χ0v) is 31.0. The van der Waals surface area contributed by atoms with Crippen LogP contribution >= 0.6 is 0 Å². The molecule has 0 radical (unpaired) electrons. The average molecular weight is 639 g/mol. The van der Waals surface area contributed by atoms with Crippen molar-refractivity contribution in [3.05, 3.63) is 146 Å². The Morgan fingerprint density at radius 2 is 1.29 bits per heavy atom. The third kappa shape index (κ3) is 4.73. The van der Waals surface area contributed by atoms with Crippen LogP contribution in [0.3, 0.4) is 0 Å². The van der Waals surface area contributed by atoms with Crippen LogP contribution in [0.5, 0.6) is 0 Å². The zero-order chi connectivity index (χ0) is 33.7. The van der Waals surface area contributed by atoms with Crippen LogP contribution in [0.25, 0.3) is 56.0 Å². The molecule has 48 heavy (non-hydrogen) atoms. The summed E-state index contributed by atoms with van der Waals surface area (Å²) in [5.41, 5.74) is 15.7. The molecule has 0 N–H and O–H groups in total. The van der Waals surface area contributed by atoms with E-state index in [9.17, 15) is 0 Å². The highest BCUT2D eigenvalue weighted by Crippen LogP contribution is 2.49. The summed E-state index contributed by atoms with van der Waals surface area (Å²) in [6.07, 6.45) is 5.03. The van der Waals surface area contributed by atoms with Crippen LogP contribution in [0.4, 0.5) is 0 Å². The van der Waals surface area contributed by atoms with E-state index in [1.54, 1.807) is 10.4 Å². The molecule has 0 aromatic heterocycles. The van der Waals surface area contributed by atoms with Crippen molar-refractivity contribution in [2.45, 2.75) is 78.3 Å². The minimum absolute atomic E-state index is 0.00993. The number of fused-ring (bicyclic) bond motifs is 7. The molecule has 0 saturated heterocycles. The van der Waals surface area contributed by atoms with Crippen molar-refractivity contribution in [3.63, 3.8) is 0 Å². The summed E-state index contributed by atoms with van der Waals surface area (Å²) in [5, 5.41) is 6.68. The Morgan fingerprint density at radius 1 is 0.583 bits per heavy atom. The highest BCUT2D eigenvalue weighted by molar-refractivity contribution is 6.47. The third-order valence-electron chi connectivity index (χ3n) is 10.8. The Labute approximate surface area is 287 Å². The summed E-state index contributed by atoms with van der Waals surface area (Å²) in [4.78, 5) is 1.58. The number of allylic oxidation sites excluding steroid dienone is 1. The normalized spacial score (nSPS) is 15.3. The number of hydrogen-bond acceptors (Lipinski definition) is 0. The summed E-state index contributed by atoms with van der Waals surface area (Å²) >= 11 is 0. The first kappa shape index (κ1) is 31.0. The molecule has 238 valence electrons. The monoisotopic (exact) mass is 638 g/mol. The molecule has 0 spiro atoms. The van der Waals surface area contributed by atoms with Crippen LogP contribution in [0.1, 0.15) is 87.8 Å². The van der Waals surface area contributed by atoms with Gasteiger partial charge in [0.05, 0.1) is 0 Å². The van der Waals surface area contributed by atoms with Crippen LogP contribution in [0, 0.1) is 4.81 Å². The maximum absolute atomic E-state index is 2.58. The summed E-state index contributed by atoms with van der Waals surface area (Å²) in [7, 11) is -0.751. The van der Waals surface area contributed by atoms with Gasteiger partial charge in [-0.15, -0.1) is 0 Å². The zero-order valence-electron chi connectivity index (χ0n) is 30.0. The maximum atomic E-state index is 2.58. The number of rotatable bonds is 2. The SMILES string of the molecule is CC1=Cc2c(-c3cc4ccccc4c4ccccc34)cccc2C1c1c(C(C)(C)C)c(=[Si](C)C)cc2c1=Cc1cc(C(C)(C)C)ccc1-2. The Kier molecular flexibility index (Phi) is 6.99. The van der Waals surface area contributed by atoms with Crippen LogP contribution in [0.15, 0.2) is 103 Å². The molecule has 8 rings (SSSR count). The lowest BCUT2D eigenvalue weighted by Crippen LogP contribution is -2.26. The molecule has 1 unspecified atom stereocenters. The highest BCUT2D eigenvalue weighted by Gasteiger charge is 2.34. The van der Waals surface area contributed by atoms with E-state index in [-0.39, 0.29) is 16.7 Å². The lowest BCUT2D eigenvalue weighted by molar-refractivity contribution is 0.577. The van der Waals surface area contributed by atoms with Crippen molar-refractivity contribution in [1.82, 2.24) is 0 Å². The Morgan fingerprint density at radius 3 is 2.00 bits per heavy atom. The molecule has 1 atom stereocenters. The van der Waals surface area contributed by atoms with Gasteiger partial charge in [-0.05, 0) is 117 Å². The molecule has 6 aromatic rings. The van der Waals surface area contributed by atoms with Crippen molar-refractivity contribution < 1.29 is 0 Å². The first-order valence-corrected chi connectivity index (χ1v) is 20.1. The van der Waals surface area contributed by atoms with Gasteiger partial charge in [0.2, 0.25) is 0 Å². The Bertz CT molecular complexity index is 2490. The highest BCUT2D eigenvalue weighted by atomic mass is 28.2. The van der Waals surface area contributed by atoms with Gasteiger partial charge < -0.3 is 0 Å². The molecule has 0 saturated carbocycles. The molecule has 6 aromatic carbocycles. The van der Waals surface area contributed by atoms with E-state index in [2.05, 4.69) is 171 Å². The fourth-order valence-corrected chi connectivity index (χ4v) is 10.0. The molecule has 0 nitrogen and oxygen atoms in total. The summed E-state index contributed by atoms with van der Waals surface area (Å²) in [6, 6.07) is 37.1. The summed E-state index contributed by atoms with van der Waals surface area (Å²) < 4.78 is 0. The molecule has 0 aliphatic heterocycles. The van der Waals surface area contributed by atoms with Crippen LogP contribution in [0.2, 0.25) is 13.1 Å². The molecular weight excluding hydrogens is 593 g/mol. The summed E-state index contributed by atoms with van der Waals surface area (Å²) in [6.45, 7) is 21.6. The quantitative estimate of drug-likeness (QED) is 0.131. The van der Waals surface area contributed by atoms with Crippen molar-refractivity contribution in [2.24, 2.45) is 0 Å². The molecule has 0 heterocycles. The molecular formula is C47H46Si. The second-order valence-electron chi connectivity index (χ2n) is 16.4. The van der Waals surface area contributed by atoms with E-state index in [0.717, 1.165) is 0 Å². The topological polar surface area (TPSA) is 0 Å². The van der Waals surface area contributed by atoms with Crippen LogP contribution < -0.4 is 5.22 Å². The van der Waals surface area contributed by atoms with Gasteiger partial charge >= 0.3 is 0 Å². The molecule has 1 heteroatoms. The van der Waals surface area contributed by atoms with Crippen LogP contribution in [-0.4, -0.2) is 8.41 Å². The van der Waals surface area contributed by atoms with Gasteiger partial charge in [-0.25, -0.2) is 0 Å². The van der Waals surface area contributed by atoms with E-state index in [1.807, 2.05) is 0 Å². The fourth-order valence-electron chi connectivity index (χ4n) is 8.60. The maximum Gasteiger partial charge on any atom is 0.0314 e. The predicted octanol–water partition coefficient (Wildman–Crippen LogP) is 12.2. The smallest absolute Gasteiger partial charge is 0.0314 e. The van der Waals surface area contributed by atoms with E-state index >= 15 is 0 Å². The Balaban J connectivity index is 1.43. The van der Waals surface area contributed by atoms with Gasteiger partial charge in [-0.1, -0.05) is 157 Å². The standard InChI is InChI=1S/C47H46Si/c1-28-23-38-36(39-25-29-15-10-11-16-32(29)34-17-12-13-18-35(34)39)19-14-20-37(38)43(28)44-41-26-30-24-31(46(2,3)4)21-22-33(30)40(41)27-42(48(8)9)45(44)47(5,6)7/h10-27,43H,1-9H3. The van der Waals surface area contributed by atoms with Gasteiger partial charge in [0.15, 0.2) is 0 Å². The van der Waals surface area contributed by atoms with Crippen molar-refractivity contribution >= 4 is 42.1 Å². The minimum atomic E-state index is -0.751. The van der Waals surface area contributed by atoms with Gasteiger partial charge in [-0.3, -0.25) is 0 Å². The summed E-state index contributed by atoms with van der Waals surface area (Å²) in [5.74, 6) is 0.212. The van der Waals surface area contributed by atoms with Gasteiger partial charge in [0, 0.05) is 14.3 Å². The van der Waals surface area contributed by atoms with E-state index in [1.165, 1.54) is 82.4 Å². The van der Waals surface area contributed by atoms with Gasteiger partial charge in [0.25, 0.3) is 0 Å². The average Bonchev–Trinajstić information content (AvgIpc) is 3.59. The second kappa shape index (κ2) is 10.8. The lowest BCUT2D eigenvalue weighted by atomic mass is 9.75. The van der Waals surface area contributed by atoms with Gasteiger partial charge in [0.1, 0.15) is 0 Å². The molecule has 0 fully saturated rings. The van der Waals surface area contributed by atoms with Crippen molar-refractivity contribution in [3.8, 4) is 22.3 Å². The molecule has 0 amide bonds. The fraction of sp³-hybridized carbons (Fsp3) is 0.255. The first-order chi connectivity index (χ1) is 22.8. The first-order valence-electron chi connectivity index (χ1n) is 17.6.